The number of aliphatic hydroxyl groups is 1. The molecular weight excluding hydrogens is 328 g/mol. The maximum absolute atomic E-state index is 12.2. The lowest BCUT2D eigenvalue weighted by molar-refractivity contribution is -0.136. The summed E-state index contributed by atoms with van der Waals surface area (Å²) in [5.41, 5.74) is 5.30. The van der Waals surface area contributed by atoms with E-state index in [0.717, 1.165) is 37.8 Å². The second-order valence-electron chi connectivity index (χ2n) is 7.03. The van der Waals surface area contributed by atoms with E-state index in [0.29, 0.717) is 5.57 Å². The predicted octanol–water partition coefficient (Wildman–Crippen LogP) is 3.65. The zero-order valence-electron chi connectivity index (χ0n) is 15.2. The van der Waals surface area contributed by atoms with E-state index in [-0.39, 0.29) is 12.0 Å². The number of rotatable bonds is 2. The number of allylic oxidation sites excluding steroid dienone is 1. The molecule has 0 saturated carbocycles. The number of nitrogens with zero attached hydrogens (tertiary/aromatic N) is 1. The van der Waals surface area contributed by atoms with Crippen molar-refractivity contribution in [1.29, 1.82) is 0 Å². The van der Waals surface area contributed by atoms with Gasteiger partial charge in [0.2, 0.25) is 0 Å². The molecule has 1 aromatic heterocycles. The number of hydrogen-bond acceptors (Lipinski definition) is 4. The van der Waals surface area contributed by atoms with Crippen molar-refractivity contribution in [2.24, 2.45) is 5.92 Å². The molecule has 3 heterocycles. The number of aromatic amines is 1. The molecule has 0 amide bonds. The van der Waals surface area contributed by atoms with Crippen molar-refractivity contribution in [2.75, 3.05) is 20.2 Å². The van der Waals surface area contributed by atoms with Crippen LogP contribution in [0.4, 0.5) is 0 Å². The standard InChI is InChI=1S/C21H24N2O3/c1-3-13-11-23-9-8-15-14-6-4-5-7-18(14)22-20(15)19(23)10-16(13)17(12-24)21(25)26-2/h3-7,12,16,19,22,24H,8-11H2,1-2H3/b13-3-,17-12-/t16-,19+/m0/s1. The quantitative estimate of drug-likeness (QED) is 0.375. The molecule has 0 spiro atoms. The number of para-hydroxylation sites is 1. The number of H-pyrrole nitrogens is 1. The average Bonchev–Trinajstić information content (AvgIpc) is 3.07. The van der Waals surface area contributed by atoms with Gasteiger partial charge in [0.1, 0.15) is 0 Å². The van der Waals surface area contributed by atoms with Crippen LogP contribution in [0.2, 0.25) is 0 Å². The second kappa shape index (κ2) is 6.65. The zero-order valence-corrected chi connectivity index (χ0v) is 15.2. The van der Waals surface area contributed by atoms with Gasteiger partial charge >= 0.3 is 5.97 Å². The van der Waals surface area contributed by atoms with E-state index in [4.69, 9.17) is 4.74 Å². The first kappa shape index (κ1) is 16.9. The summed E-state index contributed by atoms with van der Waals surface area (Å²) in [6, 6.07) is 8.62. The van der Waals surface area contributed by atoms with E-state index in [1.165, 1.54) is 29.3 Å². The number of benzene rings is 1. The number of aliphatic hydroxyl groups excluding tert-OH is 1. The number of aromatic nitrogens is 1. The van der Waals surface area contributed by atoms with Crippen LogP contribution in [-0.4, -0.2) is 41.2 Å². The molecule has 2 aliphatic rings. The highest BCUT2D eigenvalue weighted by Gasteiger charge is 2.40. The lowest BCUT2D eigenvalue weighted by atomic mass is 9.78. The van der Waals surface area contributed by atoms with Gasteiger partial charge in [-0.3, -0.25) is 4.90 Å². The van der Waals surface area contributed by atoms with Gasteiger partial charge in [0.05, 0.1) is 25.0 Å². The molecule has 0 radical (unpaired) electrons. The lowest BCUT2D eigenvalue weighted by Crippen LogP contribution is -2.43. The lowest BCUT2D eigenvalue weighted by Gasteiger charge is -2.43. The fraction of sp³-hybridized carbons (Fsp3) is 0.381. The predicted molar refractivity (Wildman–Crippen MR) is 101 cm³/mol. The van der Waals surface area contributed by atoms with Gasteiger partial charge in [-0.2, -0.15) is 0 Å². The molecular formula is C21H24N2O3. The molecule has 5 nitrogen and oxygen atoms in total. The highest BCUT2D eigenvalue weighted by molar-refractivity contribution is 5.89. The Labute approximate surface area is 153 Å². The summed E-state index contributed by atoms with van der Waals surface area (Å²) in [6.45, 7) is 3.79. The molecule has 0 bridgehead atoms. The van der Waals surface area contributed by atoms with Crippen LogP contribution in [0.25, 0.3) is 10.9 Å². The number of esters is 1. The minimum atomic E-state index is -0.460. The molecule has 136 valence electrons. The van der Waals surface area contributed by atoms with E-state index in [2.05, 4.69) is 34.2 Å². The van der Waals surface area contributed by atoms with Crippen LogP contribution >= 0.6 is 0 Å². The first-order chi connectivity index (χ1) is 12.7. The summed E-state index contributed by atoms with van der Waals surface area (Å²) in [5, 5.41) is 11.0. The summed E-state index contributed by atoms with van der Waals surface area (Å²) in [7, 11) is 1.35. The van der Waals surface area contributed by atoms with Crippen molar-refractivity contribution in [3.63, 3.8) is 0 Å². The topological polar surface area (TPSA) is 65.6 Å². The first-order valence-electron chi connectivity index (χ1n) is 9.09. The Bertz CT molecular complexity index is 909. The van der Waals surface area contributed by atoms with E-state index >= 15 is 0 Å². The number of nitrogens with one attached hydrogen (secondary N) is 1. The number of ether oxygens (including phenoxy) is 1. The SMILES string of the molecule is C/C=C1/CN2CCc3c([nH]c4ccccc34)[C@H]2C[C@@H]1/C(=C/O)C(=O)OC. The summed E-state index contributed by atoms with van der Waals surface area (Å²) in [4.78, 5) is 18.2. The van der Waals surface area contributed by atoms with Gasteiger partial charge in [-0.15, -0.1) is 0 Å². The van der Waals surface area contributed by atoms with E-state index in [1.54, 1.807) is 0 Å². The van der Waals surface area contributed by atoms with Crippen molar-refractivity contribution in [2.45, 2.75) is 25.8 Å². The van der Waals surface area contributed by atoms with Gasteiger partial charge < -0.3 is 14.8 Å². The van der Waals surface area contributed by atoms with Crippen molar-refractivity contribution in [3.8, 4) is 0 Å². The van der Waals surface area contributed by atoms with Crippen LogP contribution in [-0.2, 0) is 16.0 Å². The van der Waals surface area contributed by atoms with Gasteiger partial charge in [0, 0.05) is 35.6 Å². The van der Waals surface area contributed by atoms with Crippen molar-refractivity contribution in [1.82, 2.24) is 9.88 Å². The summed E-state index contributed by atoms with van der Waals surface area (Å²) in [5.74, 6) is -0.589. The van der Waals surface area contributed by atoms with Gasteiger partial charge in [-0.25, -0.2) is 4.79 Å². The van der Waals surface area contributed by atoms with Crippen LogP contribution in [0.15, 0.2) is 47.7 Å². The minimum Gasteiger partial charge on any atom is -0.515 e. The third kappa shape index (κ3) is 2.54. The highest BCUT2D eigenvalue weighted by atomic mass is 16.5. The maximum Gasteiger partial charge on any atom is 0.337 e. The number of fused-ring (bicyclic) bond motifs is 5. The van der Waals surface area contributed by atoms with E-state index in [1.807, 2.05) is 13.0 Å². The average molecular weight is 352 g/mol. The van der Waals surface area contributed by atoms with Gasteiger partial charge in [-0.05, 0) is 31.4 Å². The molecule has 0 aliphatic carbocycles. The molecule has 1 aromatic carbocycles. The second-order valence-corrected chi connectivity index (χ2v) is 7.03. The molecule has 1 saturated heterocycles. The zero-order chi connectivity index (χ0) is 18.3. The molecule has 0 unspecified atom stereocenters. The Kier molecular flexibility index (Phi) is 4.32. The first-order valence-corrected chi connectivity index (χ1v) is 9.09. The number of piperidine rings is 1. The molecule has 26 heavy (non-hydrogen) atoms. The number of methoxy groups -OCH3 is 1. The van der Waals surface area contributed by atoms with Crippen molar-refractivity contribution >= 4 is 16.9 Å². The molecule has 2 atom stereocenters. The molecule has 2 aromatic rings. The monoisotopic (exact) mass is 352 g/mol. The fourth-order valence-corrected chi connectivity index (χ4v) is 4.57. The van der Waals surface area contributed by atoms with Crippen molar-refractivity contribution in [3.05, 3.63) is 59.0 Å². The van der Waals surface area contributed by atoms with Crippen molar-refractivity contribution < 1.29 is 14.6 Å². The normalized spacial score (nSPS) is 25.2. The third-order valence-electron chi connectivity index (χ3n) is 5.87. The third-order valence-corrected chi connectivity index (χ3v) is 5.87. The summed E-state index contributed by atoms with van der Waals surface area (Å²) in [6.07, 6.45) is 4.76. The molecule has 5 heteroatoms. The molecule has 4 rings (SSSR count). The smallest absolute Gasteiger partial charge is 0.337 e. The molecule has 1 fully saturated rings. The Morgan fingerprint density at radius 2 is 2.19 bits per heavy atom. The van der Waals surface area contributed by atoms with Crippen LogP contribution in [0.3, 0.4) is 0 Å². The Morgan fingerprint density at radius 1 is 1.38 bits per heavy atom. The largest absolute Gasteiger partial charge is 0.515 e. The van der Waals surface area contributed by atoms with Crippen LogP contribution in [0, 0.1) is 5.92 Å². The molecule has 2 aliphatic heterocycles. The van der Waals surface area contributed by atoms with Crippen LogP contribution in [0.5, 0.6) is 0 Å². The van der Waals surface area contributed by atoms with Crippen LogP contribution in [0.1, 0.15) is 30.6 Å². The Morgan fingerprint density at radius 3 is 2.92 bits per heavy atom. The summed E-state index contributed by atoms with van der Waals surface area (Å²) >= 11 is 0. The highest BCUT2D eigenvalue weighted by Crippen LogP contribution is 2.44. The van der Waals surface area contributed by atoms with Gasteiger partial charge in [0.25, 0.3) is 0 Å². The van der Waals surface area contributed by atoms with E-state index in [9.17, 15) is 9.90 Å². The minimum absolute atomic E-state index is 0.129. The molecule has 2 N–H and O–H groups in total. The van der Waals surface area contributed by atoms with Gasteiger partial charge in [0.15, 0.2) is 0 Å². The number of hydrogen-bond donors (Lipinski definition) is 2. The van der Waals surface area contributed by atoms with Gasteiger partial charge in [-0.1, -0.05) is 29.8 Å². The fourth-order valence-electron chi connectivity index (χ4n) is 4.57. The van der Waals surface area contributed by atoms with Crippen LogP contribution < -0.4 is 0 Å². The van der Waals surface area contributed by atoms with E-state index < -0.39 is 5.97 Å². The number of carbonyl (C=O) groups is 1. The summed E-state index contributed by atoms with van der Waals surface area (Å²) < 4.78 is 4.89. The Balaban J connectivity index is 1.75. The number of carbonyl (C=O) groups excluding carboxylic acids is 1. The maximum atomic E-state index is 12.2. The Hall–Kier alpha value is -2.53.